The molecule has 0 aliphatic rings. The number of rotatable bonds is 1. The standard InChI is InChI=1S/C11H8ClF3N2O/c1-7(18)16-4-2-3-8-5-9(11(13,14)15)10(12)17-6-8/h5-6H,4H2,1H3,(H,16,18). The zero-order valence-electron chi connectivity index (χ0n) is 9.23. The first kappa shape index (κ1) is 14.3. The van der Waals surface area contributed by atoms with E-state index in [1.165, 1.54) is 6.92 Å². The van der Waals surface area contributed by atoms with Gasteiger partial charge in [-0.25, -0.2) is 4.98 Å². The first-order valence-electron chi connectivity index (χ1n) is 4.76. The van der Waals surface area contributed by atoms with Crippen LogP contribution in [0.4, 0.5) is 13.2 Å². The molecule has 0 saturated carbocycles. The molecule has 0 aromatic carbocycles. The summed E-state index contributed by atoms with van der Waals surface area (Å²) in [6, 6.07) is 0.816. The molecule has 1 heterocycles. The number of nitrogens with one attached hydrogen (secondary N) is 1. The van der Waals surface area contributed by atoms with Crippen molar-refractivity contribution in [3.63, 3.8) is 0 Å². The minimum absolute atomic E-state index is 0.0549. The molecule has 7 heteroatoms. The molecule has 1 aromatic heterocycles. The molecule has 1 aromatic rings. The average molecular weight is 277 g/mol. The molecule has 3 nitrogen and oxygen atoms in total. The quantitative estimate of drug-likeness (QED) is 0.631. The zero-order valence-corrected chi connectivity index (χ0v) is 9.99. The van der Waals surface area contributed by atoms with Gasteiger partial charge in [0.05, 0.1) is 12.1 Å². The van der Waals surface area contributed by atoms with Gasteiger partial charge in [-0.3, -0.25) is 4.79 Å². The maximum Gasteiger partial charge on any atom is 0.419 e. The first-order chi connectivity index (χ1) is 8.30. The SMILES string of the molecule is CC(=O)NCC#Cc1cnc(Cl)c(C(F)(F)F)c1. The number of aromatic nitrogens is 1. The molecule has 18 heavy (non-hydrogen) atoms. The Balaban J connectivity index is 2.89. The van der Waals surface area contributed by atoms with E-state index in [1.807, 2.05) is 0 Å². The van der Waals surface area contributed by atoms with Gasteiger partial charge in [-0.05, 0) is 6.07 Å². The molecule has 1 amide bonds. The molecular weight excluding hydrogens is 269 g/mol. The molecular formula is C11H8ClF3N2O. The normalized spacial score (nSPS) is 10.5. The Morgan fingerprint density at radius 3 is 2.78 bits per heavy atom. The molecule has 0 aliphatic heterocycles. The lowest BCUT2D eigenvalue weighted by atomic mass is 10.2. The number of hydrogen-bond donors (Lipinski definition) is 1. The van der Waals surface area contributed by atoms with Crippen LogP contribution in [0.1, 0.15) is 18.1 Å². The second kappa shape index (κ2) is 5.74. The number of carbonyl (C=O) groups is 1. The monoisotopic (exact) mass is 276 g/mol. The van der Waals surface area contributed by atoms with Crippen molar-refractivity contribution in [1.29, 1.82) is 0 Å². The second-order valence-corrected chi connectivity index (χ2v) is 3.63. The molecule has 0 radical (unpaired) electrons. The highest BCUT2D eigenvalue weighted by atomic mass is 35.5. The summed E-state index contributed by atoms with van der Waals surface area (Å²) in [5, 5.41) is 1.77. The third kappa shape index (κ3) is 4.26. The number of alkyl halides is 3. The van der Waals surface area contributed by atoms with Crippen LogP contribution in [0.15, 0.2) is 12.3 Å². The summed E-state index contributed by atoms with van der Waals surface area (Å²) >= 11 is 5.35. The number of nitrogens with zero attached hydrogens (tertiary/aromatic N) is 1. The van der Waals surface area contributed by atoms with Crippen LogP contribution in [0.25, 0.3) is 0 Å². The first-order valence-corrected chi connectivity index (χ1v) is 5.14. The highest BCUT2D eigenvalue weighted by Gasteiger charge is 2.34. The van der Waals surface area contributed by atoms with Crippen LogP contribution >= 0.6 is 11.6 Å². The Labute approximate surface area is 106 Å². The smallest absolute Gasteiger partial charge is 0.345 e. The lowest BCUT2D eigenvalue weighted by molar-refractivity contribution is -0.137. The van der Waals surface area contributed by atoms with Gasteiger partial charge in [-0.15, -0.1) is 0 Å². The van der Waals surface area contributed by atoms with Gasteiger partial charge < -0.3 is 5.32 Å². The van der Waals surface area contributed by atoms with Gasteiger partial charge in [0.25, 0.3) is 0 Å². The van der Waals surface area contributed by atoms with Gasteiger partial charge in [-0.2, -0.15) is 13.2 Å². The molecule has 0 spiro atoms. The van der Waals surface area contributed by atoms with E-state index in [4.69, 9.17) is 11.6 Å². The van der Waals surface area contributed by atoms with Crippen LogP contribution in [-0.2, 0) is 11.0 Å². The lowest BCUT2D eigenvalue weighted by Crippen LogP contribution is -2.19. The lowest BCUT2D eigenvalue weighted by Gasteiger charge is -2.07. The average Bonchev–Trinajstić information content (AvgIpc) is 2.24. The van der Waals surface area contributed by atoms with Gasteiger partial charge in [0.2, 0.25) is 5.91 Å². The Kier molecular flexibility index (Phi) is 4.56. The van der Waals surface area contributed by atoms with Crippen molar-refractivity contribution < 1.29 is 18.0 Å². The number of amides is 1. The van der Waals surface area contributed by atoms with Crippen molar-refractivity contribution in [3.05, 3.63) is 28.5 Å². The third-order valence-electron chi connectivity index (χ3n) is 1.80. The molecule has 96 valence electrons. The summed E-state index contributed by atoms with van der Waals surface area (Å²) < 4.78 is 37.5. The largest absolute Gasteiger partial charge is 0.419 e. The van der Waals surface area contributed by atoms with Gasteiger partial charge >= 0.3 is 6.18 Å². The van der Waals surface area contributed by atoms with Crippen LogP contribution in [0.2, 0.25) is 5.15 Å². The molecule has 0 aliphatic carbocycles. The number of carbonyl (C=O) groups excluding carboxylic acids is 1. The maximum atomic E-state index is 12.5. The van der Waals surface area contributed by atoms with Crippen LogP contribution in [0.5, 0.6) is 0 Å². The van der Waals surface area contributed by atoms with E-state index in [9.17, 15) is 18.0 Å². The fraction of sp³-hybridized carbons (Fsp3) is 0.273. The minimum Gasteiger partial charge on any atom is -0.345 e. The van der Waals surface area contributed by atoms with Crippen molar-refractivity contribution in [1.82, 2.24) is 10.3 Å². The molecule has 0 fully saturated rings. The fourth-order valence-electron chi connectivity index (χ4n) is 1.03. The van der Waals surface area contributed by atoms with Gasteiger partial charge in [0.1, 0.15) is 5.15 Å². The van der Waals surface area contributed by atoms with Crippen molar-refractivity contribution in [2.24, 2.45) is 0 Å². The zero-order chi connectivity index (χ0) is 13.8. The van der Waals surface area contributed by atoms with Gasteiger partial charge in [0.15, 0.2) is 0 Å². The van der Waals surface area contributed by atoms with E-state index < -0.39 is 16.9 Å². The molecule has 0 bridgehead atoms. The highest BCUT2D eigenvalue weighted by molar-refractivity contribution is 6.30. The summed E-state index contributed by atoms with van der Waals surface area (Å²) in [6.07, 6.45) is -3.43. The minimum atomic E-state index is -4.57. The summed E-state index contributed by atoms with van der Waals surface area (Å²) in [5.41, 5.74) is -0.951. The maximum absolute atomic E-state index is 12.5. The number of halogens is 4. The molecule has 0 atom stereocenters. The van der Waals surface area contributed by atoms with Crippen molar-refractivity contribution in [3.8, 4) is 11.8 Å². The summed E-state index contributed by atoms with van der Waals surface area (Å²) in [5.74, 6) is 4.68. The van der Waals surface area contributed by atoms with Crippen LogP contribution < -0.4 is 5.32 Å². The van der Waals surface area contributed by atoms with Crippen molar-refractivity contribution in [2.75, 3.05) is 6.54 Å². The third-order valence-corrected chi connectivity index (χ3v) is 2.10. The van der Waals surface area contributed by atoms with Crippen LogP contribution in [-0.4, -0.2) is 17.4 Å². The highest BCUT2D eigenvalue weighted by Crippen LogP contribution is 2.33. The van der Waals surface area contributed by atoms with Crippen LogP contribution in [0.3, 0.4) is 0 Å². The number of pyridine rings is 1. The van der Waals surface area contributed by atoms with Crippen LogP contribution in [0, 0.1) is 11.8 Å². The van der Waals surface area contributed by atoms with E-state index in [1.54, 1.807) is 0 Å². The Morgan fingerprint density at radius 1 is 1.56 bits per heavy atom. The van der Waals surface area contributed by atoms with E-state index in [0.29, 0.717) is 0 Å². The van der Waals surface area contributed by atoms with Gasteiger partial charge in [0, 0.05) is 18.7 Å². The van der Waals surface area contributed by atoms with E-state index in [0.717, 1.165) is 12.3 Å². The Bertz CT molecular complexity index is 517. The second-order valence-electron chi connectivity index (χ2n) is 3.27. The topological polar surface area (TPSA) is 42.0 Å². The van der Waals surface area contributed by atoms with Gasteiger partial charge in [-0.1, -0.05) is 23.4 Å². The molecule has 1 N–H and O–H groups in total. The predicted octanol–water partition coefficient (Wildman–Crippen LogP) is 2.24. The molecule has 0 unspecified atom stereocenters. The number of hydrogen-bond acceptors (Lipinski definition) is 2. The van der Waals surface area contributed by atoms with E-state index >= 15 is 0 Å². The van der Waals surface area contributed by atoms with Crippen molar-refractivity contribution >= 4 is 17.5 Å². The predicted molar refractivity (Wildman–Crippen MR) is 59.8 cm³/mol. The summed E-state index contributed by atoms with van der Waals surface area (Å²) in [6.45, 7) is 1.37. The Morgan fingerprint density at radius 2 is 2.22 bits per heavy atom. The fourth-order valence-corrected chi connectivity index (χ4v) is 1.24. The van der Waals surface area contributed by atoms with E-state index in [2.05, 4.69) is 22.1 Å². The Hall–Kier alpha value is -1.74. The molecule has 0 saturated heterocycles. The van der Waals surface area contributed by atoms with Crippen molar-refractivity contribution in [2.45, 2.75) is 13.1 Å². The summed E-state index contributed by atoms with van der Waals surface area (Å²) in [7, 11) is 0. The molecule has 1 rings (SSSR count). The summed E-state index contributed by atoms with van der Waals surface area (Å²) in [4.78, 5) is 13.9. The van der Waals surface area contributed by atoms with E-state index in [-0.39, 0.29) is 18.0 Å².